The first-order valence-electron chi connectivity index (χ1n) is 8.90. The van der Waals surface area contributed by atoms with E-state index in [1.54, 1.807) is 0 Å². The highest BCUT2D eigenvalue weighted by molar-refractivity contribution is 7.99. The second-order valence-electron chi connectivity index (χ2n) is 6.31. The first-order chi connectivity index (χ1) is 11.7. The standard InChI is InChI=1S/C16H30ClNO5S/c17-18-7-4-2-1-3-5-10-24-11-12-15-13(19)14(20)16(23-12)22-9-6-8-21-15/h12-16,18-20H,1-11H2. The van der Waals surface area contributed by atoms with Crippen molar-refractivity contribution in [2.24, 2.45) is 0 Å². The Bertz CT molecular complexity index is 340. The van der Waals surface area contributed by atoms with Crippen molar-refractivity contribution >= 4 is 23.5 Å². The summed E-state index contributed by atoms with van der Waals surface area (Å²) in [5.74, 6) is 1.80. The second kappa shape index (κ2) is 11.9. The molecule has 2 bridgehead atoms. The second-order valence-corrected chi connectivity index (χ2v) is 7.73. The zero-order valence-electron chi connectivity index (χ0n) is 14.1. The number of ether oxygens (including phenoxy) is 3. The van der Waals surface area contributed by atoms with Crippen molar-refractivity contribution in [3.63, 3.8) is 0 Å². The molecule has 3 aliphatic rings. The Labute approximate surface area is 153 Å². The molecule has 3 N–H and O–H groups in total. The van der Waals surface area contributed by atoms with Gasteiger partial charge >= 0.3 is 0 Å². The molecular formula is C16H30ClNO5S. The normalized spacial score (nSPS) is 33.9. The summed E-state index contributed by atoms with van der Waals surface area (Å²) < 4.78 is 17.1. The smallest absolute Gasteiger partial charge is 0.186 e. The van der Waals surface area contributed by atoms with Gasteiger partial charge in [0.15, 0.2) is 6.29 Å². The number of nitrogens with one attached hydrogen (secondary N) is 1. The molecule has 0 spiro atoms. The number of hydrogen-bond donors (Lipinski definition) is 3. The van der Waals surface area contributed by atoms with Gasteiger partial charge in [-0.1, -0.05) is 19.3 Å². The summed E-state index contributed by atoms with van der Waals surface area (Å²) in [6.07, 6.45) is 3.21. The molecule has 24 heavy (non-hydrogen) atoms. The topological polar surface area (TPSA) is 80.2 Å². The summed E-state index contributed by atoms with van der Waals surface area (Å²) in [6.45, 7) is 1.86. The number of unbranched alkanes of at least 4 members (excludes halogenated alkanes) is 4. The largest absolute Gasteiger partial charge is 0.387 e. The quantitative estimate of drug-likeness (QED) is 0.391. The molecule has 0 saturated carbocycles. The highest BCUT2D eigenvalue weighted by atomic mass is 35.5. The molecule has 0 aliphatic carbocycles. The van der Waals surface area contributed by atoms with E-state index in [-0.39, 0.29) is 6.10 Å². The van der Waals surface area contributed by atoms with E-state index in [0.717, 1.165) is 30.9 Å². The molecule has 3 heterocycles. The van der Waals surface area contributed by atoms with Gasteiger partial charge in [-0.15, -0.1) is 0 Å². The van der Waals surface area contributed by atoms with Gasteiger partial charge in [0.05, 0.1) is 12.7 Å². The molecule has 3 fully saturated rings. The lowest BCUT2D eigenvalue weighted by molar-refractivity contribution is -0.289. The van der Waals surface area contributed by atoms with Crippen molar-refractivity contribution in [1.82, 2.24) is 4.84 Å². The van der Waals surface area contributed by atoms with Crippen LogP contribution in [0.15, 0.2) is 0 Å². The lowest BCUT2D eigenvalue weighted by Gasteiger charge is -2.41. The Hall–Kier alpha value is 0.400. The van der Waals surface area contributed by atoms with Crippen molar-refractivity contribution in [1.29, 1.82) is 0 Å². The number of hydrogen-bond acceptors (Lipinski definition) is 7. The first kappa shape index (κ1) is 20.7. The maximum Gasteiger partial charge on any atom is 0.186 e. The minimum absolute atomic E-state index is 0.244. The Morgan fingerprint density at radius 1 is 1.00 bits per heavy atom. The fourth-order valence-electron chi connectivity index (χ4n) is 2.99. The fourth-order valence-corrected chi connectivity index (χ4v) is 4.20. The van der Waals surface area contributed by atoms with E-state index in [1.807, 2.05) is 11.8 Å². The molecule has 0 aromatic heterocycles. The first-order valence-corrected chi connectivity index (χ1v) is 10.4. The van der Waals surface area contributed by atoms with E-state index in [2.05, 4.69) is 4.84 Å². The van der Waals surface area contributed by atoms with E-state index < -0.39 is 24.6 Å². The monoisotopic (exact) mass is 383 g/mol. The summed E-state index contributed by atoms with van der Waals surface area (Å²) in [5, 5.41) is 20.3. The molecule has 0 radical (unpaired) electrons. The number of aliphatic hydroxyl groups is 2. The molecule has 0 aromatic rings. The molecule has 5 atom stereocenters. The molecule has 142 valence electrons. The highest BCUT2D eigenvalue weighted by Crippen LogP contribution is 2.28. The van der Waals surface area contributed by atoms with E-state index in [9.17, 15) is 10.2 Å². The van der Waals surface area contributed by atoms with Crippen LogP contribution in [-0.2, 0) is 14.2 Å². The van der Waals surface area contributed by atoms with Crippen LogP contribution in [0, 0.1) is 0 Å². The lowest BCUT2D eigenvalue weighted by Crippen LogP contribution is -2.59. The van der Waals surface area contributed by atoms with Gasteiger partial charge in [-0.05, 0) is 36.8 Å². The molecule has 3 aliphatic heterocycles. The summed E-state index contributed by atoms with van der Waals surface area (Å²) in [4.78, 5) is 2.64. The van der Waals surface area contributed by atoms with Crippen LogP contribution in [0.2, 0.25) is 0 Å². The van der Waals surface area contributed by atoms with Crippen LogP contribution in [0.25, 0.3) is 0 Å². The molecule has 3 rings (SSSR count). The Balaban J connectivity index is 1.64. The summed E-state index contributed by atoms with van der Waals surface area (Å²) in [7, 11) is 0. The van der Waals surface area contributed by atoms with Crippen LogP contribution in [0.3, 0.4) is 0 Å². The number of halogens is 1. The van der Waals surface area contributed by atoms with Gasteiger partial charge in [-0.25, -0.2) is 4.84 Å². The summed E-state index contributed by atoms with van der Waals surface area (Å²) in [6, 6.07) is 0. The van der Waals surface area contributed by atoms with Crippen molar-refractivity contribution in [3.8, 4) is 0 Å². The van der Waals surface area contributed by atoms with E-state index >= 15 is 0 Å². The van der Waals surface area contributed by atoms with Crippen molar-refractivity contribution in [2.75, 3.05) is 31.3 Å². The van der Waals surface area contributed by atoms with E-state index in [0.29, 0.717) is 13.2 Å². The van der Waals surface area contributed by atoms with Crippen molar-refractivity contribution in [3.05, 3.63) is 0 Å². The van der Waals surface area contributed by atoms with Crippen LogP contribution in [0.1, 0.15) is 38.5 Å². The van der Waals surface area contributed by atoms with Crippen LogP contribution in [-0.4, -0.2) is 72.2 Å². The number of aliphatic hydroxyl groups excluding tert-OH is 2. The van der Waals surface area contributed by atoms with Gasteiger partial charge in [0, 0.05) is 18.9 Å². The number of fused-ring (bicyclic) bond motifs is 6. The van der Waals surface area contributed by atoms with Gasteiger partial charge in [-0.2, -0.15) is 11.8 Å². The number of thioether (sulfide) groups is 1. The Kier molecular flexibility index (Phi) is 10.3. The lowest BCUT2D eigenvalue weighted by atomic mass is 10.00. The van der Waals surface area contributed by atoms with Crippen LogP contribution in [0.5, 0.6) is 0 Å². The molecule has 0 aromatic carbocycles. The molecular weight excluding hydrogens is 354 g/mol. The molecule has 8 heteroatoms. The predicted molar refractivity (Wildman–Crippen MR) is 95.2 cm³/mol. The highest BCUT2D eigenvalue weighted by Gasteiger charge is 2.46. The third-order valence-electron chi connectivity index (χ3n) is 4.36. The zero-order valence-corrected chi connectivity index (χ0v) is 15.6. The van der Waals surface area contributed by atoms with Crippen molar-refractivity contribution in [2.45, 2.75) is 69.2 Å². The molecule has 5 unspecified atom stereocenters. The molecule has 0 amide bonds. The predicted octanol–water partition coefficient (Wildman–Crippen LogP) is 1.67. The summed E-state index contributed by atoms with van der Waals surface area (Å²) >= 11 is 7.22. The van der Waals surface area contributed by atoms with E-state index in [4.69, 9.17) is 26.0 Å². The van der Waals surface area contributed by atoms with Gasteiger partial charge in [-0.3, -0.25) is 0 Å². The Morgan fingerprint density at radius 2 is 1.75 bits per heavy atom. The van der Waals surface area contributed by atoms with Gasteiger partial charge in [0.1, 0.15) is 18.3 Å². The number of rotatable bonds is 10. The fraction of sp³-hybridized carbons (Fsp3) is 1.00. The van der Waals surface area contributed by atoms with Crippen LogP contribution < -0.4 is 4.84 Å². The van der Waals surface area contributed by atoms with Gasteiger partial charge < -0.3 is 24.4 Å². The van der Waals surface area contributed by atoms with Crippen LogP contribution in [0.4, 0.5) is 0 Å². The Morgan fingerprint density at radius 3 is 2.58 bits per heavy atom. The molecule has 6 nitrogen and oxygen atoms in total. The zero-order chi connectivity index (χ0) is 17.2. The van der Waals surface area contributed by atoms with Crippen molar-refractivity contribution < 1.29 is 24.4 Å². The third kappa shape index (κ3) is 6.61. The minimum Gasteiger partial charge on any atom is -0.387 e. The van der Waals surface area contributed by atoms with Gasteiger partial charge in [0.25, 0.3) is 0 Å². The molecule has 3 saturated heterocycles. The van der Waals surface area contributed by atoms with Crippen LogP contribution >= 0.6 is 23.5 Å². The third-order valence-corrected chi connectivity index (χ3v) is 5.69. The van der Waals surface area contributed by atoms with E-state index in [1.165, 1.54) is 25.7 Å². The van der Waals surface area contributed by atoms with Gasteiger partial charge in [0.2, 0.25) is 0 Å². The maximum atomic E-state index is 10.3. The summed E-state index contributed by atoms with van der Waals surface area (Å²) in [5.41, 5.74) is 0. The SMILES string of the molecule is OC1C2OCCCOC(C(CSCCCCCCCNCl)O2)C1O. The average Bonchev–Trinajstić information content (AvgIpc) is 2.72. The minimum atomic E-state index is -1.04. The maximum absolute atomic E-state index is 10.3. The average molecular weight is 384 g/mol.